The molecule has 0 saturated carbocycles. The summed E-state index contributed by atoms with van der Waals surface area (Å²) in [6.45, 7) is 4.05. The second kappa shape index (κ2) is 3.15. The summed E-state index contributed by atoms with van der Waals surface area (Å²) >= 11 is 0. The first-order valence-corrected chi connectivity index (χ1v) is 3.45. The lowest BCUT2D eigenvalue weighted by molar-refractivity contribution is 0.205. The van der Waals surface area contributed by atoms with Crippen LogP contribution in [0.5, 0.6) is 0 Å². The Morgan fingerprint density at radius 1 is 1.78 bits per heavy atom. The van der Waals surface area contributed by atoms with Crippen LogP contribution in [0.2, 0.25) is 0 Å². The van der Waals surface area contributed by atoms with Gasteiger partial charge in [-0.3, -0.25) is 4.90 Å². The Hall–Kier alpha value is -0.120. The van der Waals surface area contributed by atoms with Crippen molar-refractivity contribution in [2.24, 2.45) is 5.73 Å². The molecule has 0 amide bonds. The monoisotopic (exact) mass is 129 g/mol. The highest BCUT2D eigenvalue weighted by Crippen LogP contribution is 1.95. The van der Waals surface area contributed by atoms with Crippen LogP contribution in [0, 0.1) is 0 Å². The van der Waals surface area contributed by atoms with E-state index in [4.69, 9.17) is 5.73 Å². The van der Waals surface area contributed by atoms with Gasteiger partial charge in [0.15, 0.2) is 0 Å². The average molecular weight is 129 g/mol. The molecule has 1 heterocycles. The first-order chi connectivity index (χ1) is 4.34. The van der Waals surface area contributed by atoms with Crippen molar-refractivity contribution in [3.8, 4) is 0 Å². The maximum absolute atomic E-state index is 5.51. The molecule has 3 N–H and O–H groups in total. The van der Waals surface area contributed by atoms with Crippen LogP contribution in [0.4, 0.5) is 0 Å². The van der Waals surface area contributed by atoms with Gasteiger partial charge in [0.05, 0.1) is 0 Å². The number of piperazine rings is 1. The summed E-state index contributed by atoms with van der Waals surface area (Å²) in [7, 11) is 2.12. The van der Waals surface area contributed by atoms with E-state index >= 15 is 0 Å². The number of hydrogen-bond acceptors (Lipinski definition) is 3. The van der Waals surface area contributed by atoms with Gasteiger partial charge >= 0.3 is 0 Å². The van der Waals surface area contributed by atoms with E-state index in [-0.39, 0.29) is 0 Å². The Bertz CT molecular complexity index is 84.4. The van der Waals surface area contributed by atoms with E-state index < -0.39 is 0 Å². The van der Waals surface area contributed by atoms with Gasteiger partial charge in [-0.15, -0.1) is 0 Å². The zero-order valence-corrected chi connectivity index (χ0v) is 5.93. The van der Waals surface area contributed by atoms with E-state index in [0.29, 0.717) is 6.04 Å². The second-order valence-corrected chi connectivity index (χ2v) is 2.57. The molecule has 1 saturated heterocycles. The molecular formula is C6H15N3. The van der Waals surface area contributed by atoms with E-state index in [0.717, 1.165) is 26.2 Å². The van der Waals surface area contributed by atoms with E-state index in [1.165, 1.54) is 0 Å². The summed E-state index contributed by atoms with van der Waals surface area (Å²) in [5.41, 5.74) is 5.51. The van der Waals surface area contributed by atoms with Crippen molar-refractivity contribution in [2.45, 2.75) is 6.04 Å². The molecule has 0 bridgehead atoms. The van der Waals surface area contributed by atoms with Crippen molar-refractivity contribution in [3.63, 3.8) is 0 Å². The van der Waals surface area contributed by atoms with Crippen LogP contribution < -0.4 is 11.1 Å². The van der Waals surface area contributed by atoms with Crippen molar-refractivity contribution in [1.29, 1.82) is 0 Å². The van der Waals surface area contributed by atoms with E-state index in [9.17, 15) is 0 Å². The number of nitrogens with two attached hydrogens (primary N) is 1. The molecule has 0 aromatic carbocycles. The molecule has 1 aliphatic rings. The molecule has 54 valence electrons. The zero-order chi connectivity index (χ0) is 6.69. The van der Waals surface area contributed by atoms with Crippen molar-refractivity contribution in [2.75, 3.05) is 33.2 Å². The molecule has 3 nitrogen and oxygen atoms in total. The number of rotatable bonds is 1. The van der Waals surface area contributed by atoms with Crippen molar-refractivity contribution < 1.29 is 0 Å². The molecular weight excluding hydrogens is 114 g/mol. The third-order valence-electron chi connectivity index (χ3n) is 1.92. The Balaban J connectivity index is 2.30. The fraction of sp³-hybridized carbons (Fsp3) is 1.00. The van der Waals surface area contributed by atoms with Crippen LogP contribution in [-0.2, 0) is 0 Å². The van der Waals surface area contributed by atoms with Crippen LogP contribution in [0.15, 0.2) is 0 Å². The molecule has 1 rings (SSSR count). The molecule has 1 atom stereocenters. The lowest BCUT2D eigenvalue weighted by atomic mass is 10.2. The molecule has 1 fully saturated rings. The maximum atomic E-state index is 5.51. The van der Waals surface area contributed by atoms with Gasteiger partial charge in [-0.1, -0.05) is 0 Å². The number of hydrogen-bond donors (Lipinski definition) is 2. The highest BCUT2D eigenvalue weighted by atomic mass is 15.2. The van der Waals surface area contributed by atoms with E-state index in [1.807, 2.05) is 0 Å². The molecule has 3 heteroatoms. The van der Waals surface area contributed by atoms with E-state index in [2.05, 4.69) is 17.3 Å². The fourth-order valence-electron chi connectivity index (χ4n) is 1.13. The summed E-state index contributed by atoms with van der Waals surface area (Å²) in [5.74, 6) is 0. The highest BCUT2D eigenvalue weighted by molar-refractivity contribution is 4.77. The minimum absolute atomic E-state index is 0.554. The SMILES string of the molecule is CN1CCNC[C@@H]1CN. The topological polar surface area (TPSA) is 41.3 Å². The van der Waals surface area contributed by atoms with Gasteiger partial charge in [0, 0.05) is 32.2 Å². The lowest BCUT2D eigenvalue weighted by Gasteiger charge is -2.31. The van der Waals surface area contributed by atoms with Crippen molar-refractivity contribution >= 4 is 0 Å². The summed E-state index contributed by atoms with van der Waals surface area (Å²) in [4.78, 5) is 2.30. The number of likely N-dealkylation sites (N-methyl/N-ethyl adjacent to an activating group) is 1. The van der Waals surface area contributed by atoms with Crippen LogP contribution in [0.25, 0.3) is 0 Å². The summed E-state index contributed by atoms with van der Waals surface area (Å²) in [6.07, 6.45) is 0. The maximum Gasteiger partial charge on any atom is 0.0340 e. The quantitative estimate of drug-likeness (QED) is 0.469. The molecule has 0 spiro atoms. The normalized spacial score (nSPS) is 30.7. The Morgan fingerprint density at radius 2 is 2.56 bits per heavy atom. The van der Waals surface area contributed by atoms with Gasteiger partial charge in [0.25, 0.3) is 0 Å². The van der Waals surface area contributed by atoms with Crippen LogP contribution in [0.3, 0.4) is 0 Å². The molecule has 1 aliphatic heterocycles. The van der Waals surface area contributed by atoms with Gasteiger partial charge in [-0.2, -0.15) is 0 Å². The minimum Gasteiger partial charge on any atom is -0.329 e. The summed E-state index contributed by atoms with van der Waals surface area (Å²) in [6, 6.07) is 0.554. The Kier molecular flexibility index (Phi) is 2.45. The molecule has 0 aromatic rings. The predicted octanol–water partition coefficient (Wildman–Crippen LogP) is -1.15. The largest absolute Gasteiger partial charge is 0.329 e. The fourth-order valence-corrected chi connectivity index (χ4v) is 1.13. The molecule has 0 aromatic heterocycles. The first kappa shape index (κ1) is 6.99. The first-order valence-electron chi connectivity index (χ1n) is 3.45. The average Bonchev–Trinajstić information content (AvgIpc) is 1.89. The van der Waals surface area contributed by atoms with Gasteiger partial charge < -0.3 is 11.1 Å². The number of nitrogens with zero attached hydrogens (tertiary/aromatic N) is 1. The molecule has 0 aliphatic carbocycles. The second-order valence-electron chi connectivity index (χ2n) is 2.57. The standard InChI is InChI=1S/C6H15N3/c1-9-3-2-8-5-6(9)4-7/h6,8H,2-5,7H2,1H3/t6-/m0/s1. The minimum atomic E-state index is 0.554. The smallest absolute Gasteiger partial charge is 0.0340 e. The van der Waals surface area contributed by atoms with Crippen LogP contribution in [0.1, 0.15) is 0 Å². The third kappa shape index (κ3) is 1.64. The lowest BCUT2D eigenvalue weighted by Crippen LogP contribution is -2.52. The highest BCUT2D eigenvalue weighted by Gasteiger charge is 2.15. The molecule has 9 heavy (non-hydrogen) atoms. The van der Waals surface area contributed by atoms with Gasteiger partial charge in [0.2, 0.25) is 0 Å². The van der Waals surface area contributed by atoms with Crippen LogP contribution >= 0.6 is 0 Å². The molecule has 0 radical (unpaired) electrons. The van der Waals surface area contributed by atoms with Crippen molar-refractivity contribution in [3.05, 3.63) is 0 Å². The summed E-state index contributed by atoms with van der Waals surface area (Å²) in [5, 5.41) is 3.29. The Labute approximate surface area is 56.2 Å². The van der Waals surface area contributed by atoms with Gasteiger partial charge in [-0.05, 0) is 7.05 Å². The van der Waals surface area contributed by atoms with Gasteiger partial charge in [0.1, 0.15) is 0 Å². The molecule has 0 unspecified atom stereocenters. The Morgan fingerprint density at radius 3 is 3.00 bits per heavy atom. The van der Waals surface area contributed by atoms with E-state index in [1.54, 1.807) is 0 Å². The van der Waals surface area contributed by atoms with Crippen molar-refractivity contribution in [1.82, 2.24) is 10.2 Å². The zero-order valence-electron chi connectivity index (χ0n) is 5.93. The summed E-state index contributed by atoms with van der Waals surface area (Å²) < 4.78 is 0. The van der Waals surface area contributed by atoms with Crippen LogP contribution in [-0.4, -0.2) is 44.2 Å². The third-order valence-corrected chi connectivity index (χ3v) is 1.92. The predicted molar refractivity (Wildman–Crippen MR) is 38.3 cm³/mol. The van der Waals surface area contributed by atoms with Gasteiger partial charge in [-0.25, -0.2) is 0 Å². The number of nitrogens with one attached hydrogen (secondary N) is 1.